The summed E-state index contributed by atoms with van der Waals surface area (Å²) < 4.78 is 1.69. The van der Waals surface area contributed by atoms with Gasteiger partial charge < -0.3 is 10.0 Å². The fourth-order valence-corrected chi connectivity index (χ4v) is 2.76. The molecule has 1 unspecified atom stereocenters. The normalized spacial score (nSPS) is 23.0. The summed E-state index contributed by atoms with van der Waals surface area (Å²) in [5, 5.41) is 18.5. The number of aryl methyl sites for hydroxylation is 1. The lowest BCUT2D eigenvalue weighted by atomic mass is 9.93. The van der Waals surface area contributed by atoms with Gasteiger partial charge >= 0.3 is 0 Å². The minimum atomic E-state index is -0.780. The van der Waals surface area contributed by atoms with E-state index in [0.717, 1.165) is 30.9 Å². The first-order chi connectivity index (χ1) is 9.65. The number of rotatable bonds is 3. The number of piperidine rings is 1. The summed E-state index contributed by atoms with van der Waals surface area (Å²) in [5.74, 6) is 0.932. The average molecular weight is 273 g/mol. The summed E-state index contributed by atoms with van der Waals surface area (Å²) in [7, 11) is 0. The highest BCUT2D eigenvalue weighted by Gasteiger charge is 2.34. The molecule has 1 fully saturated rings. The molecule has 2 aromatic heterocycles. The third-order valence-electron chi connectivity index (χ3n) is 3.68. The first-order valence-electron chi connectivity index (χ1n) is 6.90. The molecule has 20 heavy (non-hydrogen) atoms. The van der Waals surface area contributed by atoms with Crippen LogP contribution in [0, 0.1) is 6.92 Å². The van der Waals surface area contributed by atoms with Gasteiger partial charge in [0.2, 0.25) is 0 Å². The van der Waals surface area contributed by atoms with Crippen LogP contribution < -0.4 is 4.90 Å². The van der Waals surface area contributed by atoms with Crippen LogP contribution in [0.2, 0.25) is 0 Å². The Bertz CT molecular complexity index is 571. The fraction of sp³-hybridized carbons (Fsp3) is 0.500. The second-order valence-corrected chi connectivity index (χ2v) is 5.49. The summed E-state index contributed by atoms with van der Waals surface area (Å²) in [6, 6.07) is 5.98. The molecule has 1 saturated heterocycles. The van der Waals surface area contributed by atoms with Crippen molar-refractivity contribution in [3.05, 3.63) is 36.3 Å². The van der Waals surface area contributed by atoms with E-state index < -0.39 is 5.60 Å². The molecular weight excluding hydrogens is 254 g/mol. The van der Waals surface area contributed by atoms with Crippen LogP contribution in [0.3, 0.4) is 0 Å². The first kappa shape index (κ1) is 13.1. The van der Waals surface area contributed by atoms with Crippen molar-refractivity contribution in [1.82, 2.24) is 20.0 Å². The zero-order valence-electron chi connectivity index (χ0n) is 11.6. The maximum atomic E-state index is 10.8. The van der Waals surface area contributed by atoms with Crippen LogP contribution in [0.1, 0.15) is 18.5 Å². The van der Waals surface area contributed by atoms with Gasteiger partial charge in [0.05, 0.1) is 12.7 Å². The smallest absolute Gasteiger partial charge is 0.128 e. The van der Waals surface area contributed by atoms with Gasteiger partial charge in [0, 0.05) is 25.0 Å². The van der Waals surface area contributed by atoms with Crippen molar-refractivity contribution >= 4 is 5.82 Å². The Hall–Kier alpha value is -1.95. The van der Waals surface area contributed by atoms with Crippen LogP contribution in [-0.4, -0.2) is 43.8 Å². The van der Waals surface area contributed by atoms with Crippen LogP contribution >= 0.6 is 0 Å². The molecule has 1 N–H and O–H groups in total. The number of hydrogen-bond donors (Lipinski definition) is 1. The van der Waals surface area contributed by atoms with Crippen LogP contribution in [0.15, 0.2) is 30.6 Å². The summed E-state index contributed by atoms with van der Waals surface area (Å²) in [6.07, 6.45) is 5.13. The molecule has 0 radical (unpaired) electrons. The summed E-state index contributed by atoms with van der Waals surface area (Å²) in [6.45, 7) is 3.95. The topological polar surface area (TPSA) is 67.1 Å². The van der Waals surface area contributed by atoms with Crippen molar-refractivity contribution in [3.63, 3.8) is 0 Å². The average Bonchev–Trinajstić information content (AvgIpc) is 2.91. The zero-order valence-corrected chi connectivity index (χ0v) is 11.6. The second-order valence-electron chi connectivity index (χ2n) is 5.49. The highest BCUT2D eigenvalue weighted by Crippen LogP contribution is 2.26. The van der Waals surface area contributed by atoms with E-state index in [1.807, 2.05) is 25.1 Å². The third kappa shape index (κ3) is 2.80. The van der Waals surface area contributed by atoms with E-state index in [1.165, 1.54) is 0 Å². The van der Waals surface area contributed by atoms with Gasteiger partial charge in [-0.05, 0) is 31.9 Å². The molecule has 0 aromatic carbocycles. The van der Waals surface area contributed by atoms with Crippen LogP contribution in [-0.2, 0) is 6.54 Å². The van der Waals surface area contributed by atoms with Gasteiger partial charge in [-0.15, -0.1) is 5.10 Å². The molecule has 3 heterocycles. The Morgan fingerprint density at radius 2 is 2.30 bits per heavy atom. The predicted octanol–water partition coefficient (Wildman–Crippen LogP) is 1.01. The lowest BCUT2D eigenvalue weighted by molar-refractivity contribution is 0.00585. The van der Waals surface area contributed by atoms with E-state index in [-0.39, 0.29) is 0 Å². The molecule has 106 valence electrons. The summed E-state index contributed by atoms with van der Waals surface area (Å²) in [5.41, 5.74) is 0.213. The fourth-order valence-electron chi connectivity index (χ4n) is 2.76. The molecule has 0 saturated carbocycles. The molecule has 0 spiro atoms. The number of nitrogens with zero attached hydrogens (tertiary/aromatic N) is 5. The Morgan fingerprint density at radius 3 is 3.05 bits per heavy atom. The standard InChI is InChI=1S/C14H19N5O/c1-12-4-2-5-13(16-12)18-8-3-6-14(20,10-18)11-19-9-7-15-17-19/h2,4-5,7,9,20H,3,6,8,10-11H2,1H3. The van der Waals surface area contributed by atoms with Crippen LogP contribution in [0.4, 0.5) is 5.82 Å². The quantitative estimate of drug-likeness (QED) is 0.904. The van der Waals surface area contributed by atoms with E-state index in [9.17, 15) is 5.11 Å². The van der Waals surface area contributed by atoms with Crippen LogP contribution in [0.5, 0.6) is 0 Å². The third-order valence-corrected chi connectivity index (χ3v) is 3.68. The number of anilines is 1. The number of β-amino-alcohol motifs (C(OH)–C–C–N with tert-alkyl or cyclic N) is 1. The van der Waals surface area contributed by atoms with Gasteiger partial charge in [0.1, 0.15) is 11.4 Å². The van der Waals surface area contributed by atoms with E-state index in [2.05, 4.69) is 20.2 Å². The van der Waals surface area contributed by atoms with Crippen LogP contribution in [0.25, 0.3) is 0 Å². The lowest BCUT2D eigenvalue weighted by Crippen LogP contribution is -2.51. The van der Waals surface area contributed by atoms with Gasteiger partial charge in [-0.3, -0.25) is 0 Å². The van der Waals surface area contributed by atoms with E-state index in [0.29, 0.717) is 13.1 Å². The monoisotopic (exact) mass is 273 g/mol. The number of hydrogen-bond acceptors (Lipinski definition) is 5. The Labute approximate surface area is 118 Å². The molecule has 0 amide bonds. The van der Waals surface area contributed by atoms with Gasteiger partial charge in [0.25, 0.3) is 0 Å². The van der Waals surface area contributed by atoms with E-state index in [1.54, 1.807) is 17.1 Å². The molecular formula is C14H19N5O. The van der Waals surface area contributed by atoms with Crippen molar-refractivity contribution in [2.75, 3.05) is 18.0 Å². The Kier molecular flexibility index (Phi) is 3.40. The predicted molar refractivity (Wildman–Crippen MR) is 75.4 cm³/mol. The molecule has 0 bridgehead atoms. The molecule has 3 rings (SSSR count). The molecule has 0 aliphatic carbocycles. The summed E-state index contributed by atoms with van der Waals surface area (Å²) in [4.78, 5) is 6.69. The van der Waals surface area contributed by atoms with Gasteiger partial charge in [-0.25, -0.2) is 9.67 Å². The second kappa shape index (κ2) is 5.20. The molecule has 6 heteroatoms. The van der Waals surface area contributed by atoms with Crippen molar-refractivity contribution in [2.45, 2.75) is 31.9 Å². The van der Waals surface area contributed by atoms with Crippen molar-refractivity contribution in [3.8, 4) is 0 Å². The van der Waals surface area contributed by atoms with Gasteiger partial charge in [-0.2, -0.15) is 0 Å². The maximum absolute atomic E-state index is 10.8. The lowest BCUT2D eigenvalue weighted by Gasteiger charge is -2.39. The zero-order chi connectivity index (χ0) is 14.0. The van der Waals surface area contributed by atoms with E-state index in [4.69, 9.17) is 0 Å². The number of pyridine rings is 1. The van der Waals surface area contributed by atoms with Crippen molar-refractivity contribution < 1.29 is 5.11 Å². The minimum absolute atomic E-state index is 0.468. The highest BCUT2D eigenvalue weighted by molar-refractivity contribution is 5.40. The molecule has 1 aliphatic heterocycles. The molecule has 6 nitrogen and oxygen atoms in total. The summed E-state index contributed by atoms with van der Waals surface area (Å²) >= 11 is 0. The van der Waals surface area contributed by atoms with Crippen molar-refractivity contribution in [2.24, 2.45) is 0 Å². The minimum Gasteiger partial charge on any atom is -0.386 e. The number of aliphatic hydroxyl groups is 1. The largest absolute Gasteiger partial charge is 0.386 e. The first-order valence-corrected chi connectivity index (χ1v) is 6.90. The number of aromatic nitrogens is 4. The van der Waals surface area contributed by atoms with E-state index >= 15 is 0 Å². The van der Waals surface area contributed by atoms with Gasteiger partial charge in [0.15, 0.2) is 0 Å². The molecule has 1 aliphatic rings. The molecule has 1 atom stereocenters. The van der Waals surface area contributed by atoms with Crippen molar-refractivity contribution in [1.29, 1.82) is 0 Å². The molecule has 2 aromatic rings. The maximum Gasteiger partial charge on any atom is 0.128 e. The highest BCUT2D eigenvalue weighted by atomic mass is 16.3. The Morgan fingerprint density at radius 1 is 1.40 bits per heavy atom. The van der Waals surface area contributed by atoms with Gasteiger partial charge in [-0.1, -0.05) is 11.3 Å². The Balaban J connectivity index is 1.75. The SMILES string of the molecule is Cc1cccc(N2CCCC(O)(Cn3ccnn3)C2)n1.